The van der Waals surface area contributed by atoms with Crippen molar-refractivity contribution in [2.24, 2.45) is 13.0 Å². The van der Waals surface area contributed by atoms with E-state index in [1.54, 1.807) is 6.92 Å². The highest BCUT2D eigenvalue weighted by molar-refractivity contribution is 5.81. The Morgan fingerprint density at radius 3 is 2.54 bits per heavy atom. The normalized spacial score (nSPS) is 16.1. The van der Waals surface area contributed by atoms with E-state index in [0.29, 0.717) is 24.5 Å². The number of ketones is 1. The van der Waals surface area contributed by atoms with E-state index in [9.17, 15) is 31.1 Å². The molecule has 3 aromatic heterocycles. The maximum Gasteiger partial charge on any atom is 0.435 e. The van der Waals surface area contributed by atoms with E-state index in [2.05, 4.69) is 20.3 Å². The average Bonchev–Trinajstić information content (AvgIpc) is 3.50. The van der Waals surface area contributed by atoms with Crippen LogP contribution in [0, 0.1) is 12.8 Å². The minimum atomic E-state index is -4.72. The quantitative estimate of drug-likeness (QED) is 0.350. The molecule has 1 atom stereocenters. The van der Waals surface area contributed by atoms with Crippen LogP contribution >= 0.6 is 0 Å². The average molecular weight is 557 g/mol. The first kappa shape index (κ1) is 28.5. The molecule has 1 saturated heterocycles. The van der Waals surface area contributed by atoms with Crippen molar-refractivity contribution < 1.29 is 40.6 Å². The number of pyridine rings is 1. The van der Waals surface area contributed by atoms with Crippen LogP contribution in [0.5, 0.6) is 5.88 Å². The van der Waals surface area contributed by atoms with Crippen molar-refractivity contribution in [3.05, 3.63) is 52.6 Å². The fourth-order valence-electron chi connectivity index (χ4n) is 4.18. The molecule has 0 saturated carbocycles. The summed E-state index contributed by atoms with van der Waals surface area (Å²) in [5, 5.41) is 11.4. The van der Waals surface area contributed by atoms with Gasteiger partial charge in [0.15, 0.2) is 5.69 Å². The lowest BCUT2D eigenvalue weighted by molar-refractivity contribution is -0.142. The fourth-order valence-corrected chi connectivity index (χ4v) is 4.18. The third kappa shape index (κ3) is 7.31. The molecule has 1 aliphatic heterocycles. The molecule has 0 amide bonds. The minimum Gasteiger partial charge on any atom is -0.477 e. The van der Waals surface area contributed by atoms with Crippen molar-refractivity contribution in [1.29, 1.82) is 0 Å². The Morgan fingerprint density at radius 2 is 1.90 bits per heavy atom. The minimum absolute atomic E-state index is 0.0127. The Balaban J connectivity index is 1.42. The molecular formula is C25H25F6N5O3. The van der Waals surface area contributed by atoms with Gasteiger partial charge in [-0.05, 0) is 43.0 Å². The molecule has 8 nitrogen and oxygen atoms in total. The number of nitrogens with zero attached hydrogens (tertiary/aromatic N) is 5. The van der Waals surface area contributed by atoms with Gasteiger partial charge in [0.2, 0.25) is 5.88 Å². The van der Waals surface area contributed by atoms with Crippen LogP contribution in [0.1, 0.15) is 41.1 Å². The molecule has 1 fully saturated rings. The van der Waals surface area contributed by atoms with E-state index >= 15 is 0 Å². The predicted molar refractivity (Wildman–Crippen MR) is 125 cm³/mol. The van der Waals surface area contributed by atoms with Crippen LogP contribution in [0.2, 0.25) is 0 Å². The summed E-state index contributed by atoms with van der Waals surface area (Å²) in [6, 6.07) is 3.65. The highest BCUT2D eigenvalue weighted by Gasteiger charge is 2.38. The van der Waals surface area contributed by atoms with Gasteiger partial charge in [-0.15, -0.1) is 5.10 Å². The molecule has 3 aromatic rings. The molecular weight excluding hydrogens is 532 g/mol. The van der Waals surface area contributed by atoms with Gasteiger partial charge in [-0.1, -0.05) is 0 Å². The van der Waals surface area contributed by atoms with Crippen molar-refractivity contribution in [2.45, 2.75) is 45.0 Å². The maximum atomic E-state index is 13.4. The molecule has 1 unspecified atom stereocenters. The summed E-state index contributed by atoms with van der Waals surface area (Å²) in [5.74, 6) is -0.523. The van der Waals surface area contributed by atoms with Gasteiger partial charge in [-0.25, -0.2) is 4.98 Å². The van der Waals surface area contributed by atoms with Gasteiger partial charge >= 0.3 is 12.4 Å². The van der Waals surface area contributed by atoms with Gasteiger partial charge in [-0.3, -0.25) is 9.48 Å². The summed E-state index contributed by atoms with van der Waals surface area (Å²) >= 11 is 0. The van der Waals surface area contributed by atoms with Crippen LogP contribution < -0.4 is 4.74 Å². The molecule has 0 bridgehead atoms. The Bertz CT molecular complexity index is 1330. The van der Waals surface area contributed by atoms with Crippen LogP contribution in [0.4, 0.5) is 26.3 Å². The Labute approximate surface area is 219 Å². The number of aryl methyl sites for hydroxylation is 3. The number of carbonyl (C=O) groups is 1. The lowest BCUT2D eigenvalue weighted by Gasteiger charge is -2.14. The topological polar surface area (TPSA) is 92.0 Å². The third-order valence-corrected chi connectivity index (χ3v) is 6.09. The number of aromatic nitrogens is 5. The number of rotatable bonds is 9. The van der Waals surface area contributed by atoms with Gasteiger partial charge < -0.3 is 9.47 Å². The lowest BCUT2D eigenvalue weighted by atomic mass is 10.0. The summed E-state index contributed by atoms with van der Waals surface area (Å²) in [6.45, 7) is 2.74. The Morgan fingerprint density at radius 1 is 1.13 bits per heavy atom. The first-order chi connectivity index (χ1) is 18.3. The molecule has 0 aromatic carbocycles. The number of hydrogen-bond donors (Lipinski definition) is 0. The number of hydrogen-bond acceptors (Lipinski definition) is 7. The molecule has 0 N–H and O–H groups in total. The van der Waals surface area contributed by atoms with E-state index < -0.39 is 23.7 Å². The zero-order chi connectivity index (χ0) is 28.4. The number of Topliss-reactive ketones (excluding diaryl/α,β-unsaturated/α-hetero) is 1. The van der Waals surface area contributed by atoms with E-state index in [-0.39, 0.29) is 60.3 Å². The summed E-state index contributed by atoms with van der Waals surface area (Å²) in [7, 11) is 1.36. The van der Waals surface area contributed by atoms with Crippen LogP contribution in [-0.4, -0.2) is 50.6 Å². The second-order valence-corrected chi connectivity index (χ2v) is 9.38. The van der Waals surface area contributed by atoms with Crippen LogP contribution in [0.3, 0.4) is 0 Å². The zero-order valence-corrected chi connectivity index (χ0v) is 21.1. The molecule has 0 spiro atoms. The van der Waals surface area contributed by atoms with Crippen LogP contribution in [0.15, 0.2) is 24.4 Å². The summed E-state index contributed by atoms with van der Waals surface area (Å²) in [4.78, 5) is 16.2. The smallest absolute Gasteiger partial charge is 0.435 e. The molecule has 14 heteroatoms. The van der Waals surface area contributed by atoms with Gasteiger partial charge in [-0.2, -0.15) is 36.5 Å². The van der Waals surface area contributed by atoms with Crippen LogP contribution in [-0.2, 0) is 41.8 Å². The number of ether oxygens (including phenoxy) is 2. The second kappa shape index (κ2) is 11.3. The van der Waals surface area contributed by atoms with Gasteiger partial charge in [0.05, 0.1) is 30.2 Å². The molecule has 39 heavy (non-hydrogen) atoms. The lowest BCUT2D eigenvalue weighted by Crippen LogP contribution is -2.15. The number of carbonyl (C=O) groups excluding carboxylic acids is 1. The first-order valence-electron chi connectivity index (χ1n) is 12.0. The van der Waals surface area contributed by atoms with E-state index in [0.717, 1.165) is 17.2 Å². The van der Waals surface area contributed by atoms with Crippen molar-refractivity contribution in [3.63, 3.8) is 0 Å². The third-order valence-electron chi connectivity index (χ3n) is 6.09. The standard InChI is InChI=1S/C25H25F6N5O3/c1-14-7-17(33-34-22(14)19-11-36(2)35-23(19)25(29,30)31)3-4-18(37)8-16-9-20(24(26,27)28)32-21(10-16)39-13-15-5-6-38-12-15/h7,9-11,15H,3-6,8,12-13H2,1-2H3. The highest BCUT2D eigenvalue weighted by Crippen LogP contribution is 2.36. The second-order valence-electron chi connectivity index (χ2n) is 9.38. The van der Waals surface area contributed by atoms with Gasteiger partial charge in [0.1, 0.15) is 11.5 Å². The van der Waals surface area contributed by atoms with Crippen molar-refractivity contribution in [1.82, 2.24) is 25.0 Å². The van der Waals surface area contributed by atoms with Gasteiger partial charge in [0.25, 0.3) is 0 Å². The summed E-state index contributed by atoms with van der Waals surface area (Å²) in [5.41, 5.74) is -1.57. The zero-order valence-electron chi connectivity index (χ0n) is 21.1. The predicted octanol–water partition coefficient (Wildman–Crippen LogP) is 4.78. The SMILES string of the molecule is Cc1cc(CCC(=O)Cc2cc(OCC3CCOC3)nc(C(F)(F)F)c2)nnc1-c1cn(C)nc1C(F)(F)F. The molecule has 0 radical (unpaired) electrons. The van der Waals surface area contributed by atoms with Crippen molar-refractivity contribution >= 4 is 5.78 Å². The molecule has 4 rings (SSSR count). The summed E-state index contributed by atoms with van der Waals surface area (Å²) in [6.07, 6.45) is -7.70. The highest BCUT2D eigenvalue weighted by atomic mass is 19.4. The van der Waals surface area contributed by atoms with Crippen LogP contribution in [0.25, 0.3) is 11.3 Å². The van der Waals surface area contributed by atoms with E-state index in [1.807, 2.05) is 0 Å². The van der Waals surface area contributed by atoms with Crippen molar-refractivity contribution in [3.8, 4) is 17.1 Å². The molecule has 4 heterocycles. The fraction of sp³-hybridized carbons (Fsp3) is 0.480. The Kier molecular flexibility index (Phi) is 8.23. The Hall–Kier alpha value is -3.55. The summed E-state index contributed by atoms with van der Waals surface area (Å²) < 4.78 is 91.9. The largest absolute Gasteiger partial charge is 0.477 e. The number of halogens is 6. The van der Waals surface area contributed by atoms with Crippen molar-refractivity contribution in [2.75, 3.05) is 19.8 Å². The first-order valence-corrected chi connectivity index (χ1v) is 12.0. The number of alkyl halides is 6. The monoisotopic (exact) mass is 557 g/mol. The maximum absolute atomic E-state index is 13.4. The van der Waals surface area contributed by atoms with E-state index in [1.165, 1.54) is 25.4 Å². The van der Waals surface area contributed by atoms with Gasteiger partial charge in [0, 0.05) is 44.7 Å². The molecule has 1 aliphatic rings. The molecule has 210 valence electrons. The van der Waals surface area contributed by atoms with E-state index in [4.69, 9.17) is 9.47 Å². The molecule has 0 aliphatic carbocycles.